The van der Waals surface area contributed by atoms with Crippen LogP contribution in [0.4, 0.5) is 4.79 Å². The lowest BCUT2D eigenvalue weighted by atomic mass is 10.0. The van der Waals surface area contributed by atoms with E-state index in [2.05, 4.69) is 22.8 Å². The van der Waals surface area contributed by atoms with Crippen LogP contribution >= 0.6 is 0 Å². The van der Waals surface area contributed by atoms with Gasteiger partial charge in [-0.25, -0.2) is 4.79 Å². The second-order valence-electron chi connectivity index (χ2n) is 7.11. The smallest absolute Gasteiger partial charge is 0.317 e. The van der Waals surface area contributed by atoms with Crippen molar-refractivity contribution in [3.05, 3.63) is 29.3 Å². The molecule has 1 heterocycles. The molecule has 0 bridgehead atoms. The number of ether oxygens (including phenoxy) is 1. The Bertz CT molecular complexity index is 675. The standard InChI is InChI=1S/C19H27N3O4/c1-20-18(24)8-15-10-22(11-16(15)23)19(25)21-9-14-7-13(12-3-4-12)5-6-17(14)26-2/h5-7,12,15-16,23H,3-4,8-11H2,1-2H3,(H,20,24)(H,21,25)/t15-,16-/m1/s1. The van der Waals surface area contributed by atoms with Crippen molar-refractivity contribution in [2.45, 2.75) is 37.8 Å². The Balaban J connectivity index is 1.57. The van der Waals surface area contributed by atoms with E-state index in [1.54, 1.807) is 19.1 Å². The maximum absolute atomic E-state index is 12.5. The molecule has 142 valence electrons. The first-order valence-electron chi connectivity index (χ1n) is 9.10. The molecule has 26 heavy (non-hydrogen) atoms. The van der Waals surface area contributed by atoms with Gasteiger partial charge in [-0.15, -0.1) is 0 Å². The normalized spacial score (nSPS) is 22.2. The highest BCUT2D eigenvalue weighted by Crippen LogP contribution is 2.41. The van der Waals surface area contributed by atoms with E-state index >= 15 is 0 Å². The molecule has 7 nitrogen and oxygen atoms in total. The van der Waals surface area contributed by atoms with E-state index in [0.717, 1.165) is 11.3 Å². The molecular weight excluding hydrogens is 334 g/mol. The van der Waals surface area contributed by atoms with E-state index in [0.29, 0.717) is 19.0 Å². The SMILES string of the molecule is CNC(=O)C[C@@H]1CN(C(=O)NCc2cc(C3CC3)ccc2OC)C[C@H]1O. The zero-order chi connectivity index (χ0) is 18.7. The van der Waals surface area contributed by atoms with Gasteiger partial charge in [-0.05, 0) is 30.4 Å². The van der Waals surface area contributed by atoms with Crippen LogP contribution in [0.15, 0.2) is 18.2 Å². The molecule has 0 spiro atoms. The number of aliphatic hydroxyl groups excluding tert-OH is 1. The molecule has 2 fully saturated rings. The second-order valence-corrected chi connectivity index (χ2v) is 7.11. The van der Waals surface area contributed by atoms with Crippen LogP contribution in [0.3, 0.4) is 0 Å². The Labute approximate surface area is 153 Å². The van der Waals surface area contributed by atoms with Crippen molar-refractivity contribution in [1.82, 2.24) is 15.5 Å². The van der Waals surface area contributed by atoms with Crippen LogP contribution in [0.5, 0.6) is 5.75 Å². The number of hydrogen-bond donors (Lipinski definition) is 3. The molecule has 2 aliphatic rings. The summed E-state index contributed by atoms with van der Waals surface area (Å²) in [5.41, 5.74) is 2.24. The van der Waals surface area contributed by atoms with Gasteiger partial charge >= 0.3 is 6.03 Å². The minimum absolute atomic E-state index is 0.127. The quantitative estimate of drug-likeness (QED) is 0.710. The van der Waals surface area contributed by atoms with Gasteiger partial charge in [-0.1, -0.05) is 12.1 Å². The van der Waals surface area contributed by atoms with Gasteiger partial charge in [0.15, 0.2) is 0 Å². The Morgan fingerprint density at radius 1 is 1.31 bits per heavy atom. The Morgan fingerprint density at radius 2 is 2.08 bits per heavy atom. The van der Waals surface area contributed by atoms with E-state index in [4.69, 9.17) is 4.74 Å². The van der Waals surface area contributed by atoms with Crippen LogP contribution in [0, 0.1) is 5.92 Å². The van der Waals surface area contributed by atoms with E-state index in [-0.39, 0.29) is 30.8 Å². The minimum Gasteiger partial charge on any atom is -0.496 e. The summed E-state index contributed by atoms with van der Waals surface area (Å²) in [6.07, 6.45) is 1.98. The summed E-state index contributed by atoms with van der Waals surface area (Å²) < 4.78 is 5.40. The molecule has 0 aromatic heterocycles. The number of β-amino-alcohol motifs (C(OH)–C–C–N with tert-alkyl or cyclic N) is 1. The molecule has 7 heteroatoms. The van der Waals surface area contributed by atoms with Crippen molar-refractivity contribution in [1.29, 1.82) is 0 Å². The zero-order valence-corrected chi connectivity index (χ0v) is 15.3. The van der Waals surface area contributed by atoms with Crippen LogP contribution in [0.2, 0.25) is 0 Å². The summed E-state index contributed by atoms with van der Waals surface area (Å²) in [6, 6.07) is 5.91. The number of hydrogen-bond acceptors (Lipinski definition) is 4. The van der Waals surface area contributed by atoms with Crippen molar-refractivity contribution in [2.24, 2.45) is 5.92 Å². The Kier molecular flexibility index (Phi) is 5.66. The summed E-state index contributed by atoms with van der Waals surface area (Å²) in [4.78, 5) is 25.5. The molecule has 2 atom stereocenters. The predicted molar refractivity (Wildman–Crippen MR) is 97.0 cm³/mol. The van der Waals surface area contributed by atoms with Crippen molar-refractivity contribution >= 4 is 11.9 Å². The second kappa shape index (κ2) is 7.95. The van der Waals surface area contributed by atoms with E-state index in [9.17, 15) is 14.7 Å². The van der Waals surface area contributed by atoms with Gasteiger partial charge in [0.05, 0.1) is 13.2 Å². The average molecular weight is 361 g/mol. The molecule has 3 amide bonds. The number of carbonyl (C=O) groups is 2. The molecule has 3 N–H and O–H groups in total. The van der Waals surface area contributed by atoms with Crippen LogP contribution < -0.4 is 15.4 Å². The van der Waals surface area contributed by atoms with Gasteiger partial charge in [0, 0.05) is 44.6 Å². The van der Waals surface area contributed by atoms with Crippen molar-refractivity contribution < 1.29 is 19.4 Å². The molecule has 0 radical (unpaired) electrons. The third-order valence-electron chi connectivity index (χ3n) is 5.20. The number of nitrogens with one attached hydrogen (secondary N) is 2. The van der Waals surface area contributed by atoms with Gasteiger partial charge in [-0.2, -0.15) is 0 Å². The molecule has 1 aromatic carbocycles. The average Bonchev–Trinajstić information content (AvgIpc) is 3.43. The number of methoxy groups -OCH3 is 1. The van der Waals surface area contributed by atoms with Gasteiger partial charge in [0.1, 0.15) is 5.75 Å². The van der Waals surface area contributed by atoms with Crippen molar-refractivity contribution in [3.8, 4) is 5.75 Å². The summed E-state index contributed by atoms with van der Waals surface area (Å²) >= 11 is 0. The molecule has 1 aromatic rings. The Hall–Kier alpha value is -2.28. The topological polar surface area (TPSA) is 90.9 Å². The summed E-state index contributed by atoms with van der Waals surface area (Å²) in [7, 11) is 3.19. The van der Waals surface area contributed by atoms with E-state index < -0.39 is 6.10 Å². The lowest BCUT2D eigenvalue weighted by molar-refractivity contribution is -0.122. The molecule has 1 aliphatic heterocycles. The number of aliphatic hydroxyl groups is 1. The Morgan fingerprint density at radius 3 is 2.73 bits per heavy atom. The first-order chi connectivity index (χ1) is 12.5. The fourth-order valence-corrected chi connectivity index (χ4v) is 3.45. The maximum Gasteiger partial charge on any atom is 0.317 e. The summed E-state index contributed by atoms with van der Waals surface area (Å²) in [5, 5.41) is 15.6. The molecule has 3 rings (SSSR count). The third-order valence-corrected chi connectivity index (χ3v) is 5.20. The fourth-order valence-electron chi connectivity index (χ4n) is 3.45. The van der Waals surface area contributed by atoms with Crippen LogP contribution in [-0.2, 0) is 11.3 Å². The van der Waals surface area contributed by atoms with Crippen LogP contribution in [-0.4, -0.2) is 55.3 Å². The number of nitrogens with zero attached hydrogens (tertiary/aromatic N) is 1. The molecule has 0 unspecified atom stereocenters. The lowest BCUT2D eigenvalue weighted by Gasteiger charge is -2.18. The molecular formula is C19H27N3O4. The molecule has 1 saturated carbocycles. The number of urea groups is 1. The predicted octanol–water partition coefficient (Wildman–Crippen LogP) is 1.21. The first kappa shape index (κ1) is 18.5. The minimum atomic E-state index is -0.675. The largest absolute Gasteiger partial charge is 0.496 e. The van der Waals surface area contributed by atoms with Gasteiger partial charge < -0.3 is 25.4 Å². The number of rotatable bonds is 6. The van der Waals surface area contributed by atoms with Crippen molar-refractivity contribution in [2.75, 3.05) is 27.2 Å². The van der Waals surface area contributed by atoms with Gasteiger partial charge in [0.2, 0.25) is 5.91 Å². The number of benzene rings is 1. The zero-order valence-electron chi connectivity index (χ0n) is 15.3. The lowest BCUT2D eigenvalue weighted by Crippen LogP contribution is -2.38. The van der Waals surface area contributed by atoms with Crippen LogP contribution in [0.1, 0.15) is 36.3 Å². The third kappa shape index (κ3) is 4.27. The fraction of sp³-hybridized carbons (Fsp3) is 0.579. The van der Waals surface area contributed by atoms with Gasteiger partial charge in [-0.3, -0.25) is 4.79 Å². The summed E-state index contributed by atoms with van der Waals surface area (Å²) in [5.74, 6) is 1.04. The highest BCUT2D eigenvalue weighted by atomic mass is 16.5. The van der Waals surface area contributed by atoms with Crippen molar-refractivity contribution in [3.63, 3.8) is 0 Å². The van der Waals surface area contributed by atoms with Crippen LogP contribution in [0.25, 0.3) is 0 Å². The maximum atomic E-state index is 12.5. The highest BCUT2D eigenvalue weighted by Gasteiger charge is 2.35. The van der Waals surface area contributed by atoms with Gasteiger partial charge in [0.25, 0.3) is 0 Å². The van der Waals surface area contributed by atoms with E-state index in [1.165, 1.54) is 18.4 Å². The number of carbonyl (C=O) groups excluding carboxylic acids is 2. The number of amides is 3. The molecule has 1 aliphatic carbocycles. The molecule has 1 saturated heterocycles. The van der Waals surface area contributed by atoms with E-state index in [1.807, 2.05) is 6.07 Å². The first-order valence-corrected chi connectivity index (χ1v) is 9.10. The number of likely N-dealkylation sites (tertiary alicyclic amines) is 1. The highest BCUT2D eigenvalue weighted by molar-refractivity contribution is 5.77. The summed E-state index contributed by atoms with van der Waals surface area (Å²) in [6.45, 7) is 0.988. The monoisotopic (exact) mass is 361 g/mol.